The molecule has 1 N–H and O–H groups in total. The Balaban J connectivity index is 2.95. The Morgan fingerprint density at radius 3 is 2.33 bits per heavy atom. The topological polar surface area (TPSA) is 38.3 Å². The molecule has 0 bridgehead atoms. The minimum atomic E-state index is -0.528. The number of amides is 1. The third-order valence-electron chi connectivity index (χ3n) is 2.42. The Bertz CT molecular complexity index is 504. The summed E-state index contributed by atoms with van der Waals surface area (Å²) in [4.78, 5) is 11.7. The van der Waals surface area contributed by atoms with Gasteiger partial charge in [-0.25, -0.2) is 4.79 Å². The third kappa shape index (κ3) is 3.81. The number of hydrogen-bond acceptors (Lipinski definition) is 2. The lowest BCUT2D eigenvalue weighted by atomic mass is 10.0. The Morgan fingerprint density at radius 1 is 1.28 bits per heavy atom. The molecule has 1 amide bonds. The van der Waals surface area contributed by atoms with Crippen LogP contribution in [0.1, 0.15) is 37.5 Å². The first-order chi connectivity index (χ1) is 8.23. The molecule has 0 spiro atoms. The largest absolute Gasteiger partial charge is 0.444 e. The van der Waals surface area contributed by atoms with Crippen LogP contribution in [0.25, 0.3) is 0 Å². The molecule has 18 heavy (non-hydrogen) atoms. The monoisotopic (exact) mass is 245 g/mol. The molecule has 0 saturated heterocycles. The van der Waals surface area contributed by atoms with Gasteiger partial charge >= 0.3 is 6.09 Å². The Hall–Kier alpha value is -1.95. The second-order valence-corrected chi connectivity index (χ2v) is 5.25. The van der Waals surface area contributed by atoms with Crippen molar-refractivity contribution >= 4 is 11.8 Å². The van der Waals surface area contributed by atoms with E-state index < -0.39 is 11.7 Å². The highest BCUT2D eigenvalue weighted by atomic mass is 16.6. The van der Waals surface area contributed by atoms with E-state index >= 15 is 0 Å². The van der Waals surface area contributed by atoms with E-state index in [0.717, 1.165) is 11.1 Å². The summed E-state index contributed by atoms with van der Waals surface area (Å²) in [5.74, 6) is 2.56. The molecule has 96 valence electrons. The summed E-state index contributed by atoms with van der Waals surface area (Å²) in [7, 11) is 0. The number of anilines is 1. The van der Waals surface area contributed by atoms with Gasteiger partial charge in [-0.3, -0.25) is 5.32 Å². The highest BCUT2D eigenvalue weighted by Crippen LogP contribution is 2.21. The molecule has 1 aromatic carbocycles. The fourth-order valence-electron chi connectivity index (χ4n) is 1.45. The molecule has 0 aromatic heterocycles. The van der Waals surface area contributed by atoms with Crippen LogP contribution >= 0.6 is 0 Å². The number of benzene rings is 1. The predicted octanol–water partition coefficient (Wildman–Crippen LogP) is 3.63. The van der Waals surface area contributed by atoms with Gasteiger partial charge in [-0.05, 0) is 57.9 Å². The number of nitrogens with one attached hydrogen (secondary N) is 1. The van der Waals surface area contributed by atoms with E-state index in [0.29, 0.717) is 11.3 Å². The van der Waals surface area contributed by atoms with E-state index in [-0.39, 0.29) is 0 Å². The number of ether oxygens (including phenoxy) is 1. The lowest BCUT2D eigenvalue weighted by Crippen LogP contribution is -2.27. The van der Waals surface area contributed by atoms with Gasteiger partial charge in [0.2, 0.25) is 0 Å². The average Bonchev–Trinajstić information content (AvgIpc) is 2.20. The number of hydrogen-bond donors (Lipinski definition) is 1. The summed E-state index contributed by atoms with van der Waals surface area (Å²) in [6.07, 6.45) is 4.93. The fourth-order valence-corrected chi connectivity index (χ4v) is 1.45. The first-order valence-electron chi connectivity index (χ1n) is 5.81. The number of aryl methyl sites for hydroxylation is 2. The Kier molecular flexibility index (Phi) is 4.03. The van der Waals surface area contributed by atoms with Crippen molar-refractivity contribution in [3.05, 3.63) is 28.8 Å². The normalized spacial score (nSPS) is 10.7. The van der Waals surface area contributed by atoms with Gasteiger partial charge in [-0.2, -0.15) is 0 Å². The zero-order chi connectivity index (χ0) is 13.9. The Labute approximate surface area is 109 Å². The van der Waals surface area contributed by atoms with Crippen molar-refractivity contribution in [1.82, 2.24) is 0 Å². The van der Waals surface area contributed by atoms with E-state index in [1.54, 1.807) is 0 Å². The fraction of sp³-hybridized carbons (Fsp3) is 0.400. The van der Waals surface area contributed by atoms with Gasteiger partial charge in [0.1, 0.15) is 5.60 Å². The highest BCUT2D eigenvalue weighted by Gasteiger charge is 2.17. The van der Waals surface area contributed by atoms with Gasteiger partial charge in [-0.1, -0.05) is 5.92 Å². The van der Waals surface area contributed by atoms with Gasteiger partial charge in [0.15, 0.2) is 0 Å². The van der Waals surface area contributed by atoms with Crippen molar-refractivity contribution in [3.8, 4) is 12.3 Å². The molecule has 0 aliphatic heterocycles. The molecular weight excluding hydrogens is 226 g/mol. The molecule has 0 saturated carbocycles. The van der Waals surface area contributed by atoms with Crippen LogP contribution in [0.15, 0.2) is 12.1 Å². The van der Waals surface area contributed by atoms with Crippen molar-refractivity contribution in [3.63, 3.8) is 0 Å². The maximum Gasteiger partial charge on any atom is 0.412 e. The second-order valence-electron chi connectivity index (χ2n) is 5.25. The Morgan fingerprint density at radius 2 is 1.83 bits per heavy atom. The van der Waals surface area contributed by atoms with E-state index in [4.69, 9.17) is 11.2 Å². The van der Waals surface area contributed by atoms with Crippen LogP contribution in [-0.2, 0) is 4.74 Å². The minimum absolute atomic E-state index is 0.498. The average molecular weight is 245 g/mol. The standard InChI is InChI=1S/C15H19NO2/c1-7-12-8-10(2)11(3)9-13(12)16-14(17)18-15(4,5)6/h1,8-9H,2-6H3,(H,16,17). The number of rotatable bonds is 1. The van der Waals surface area contributed by atoms with Crippen LogP contribution in [-0.4, -0.2) is 11.7 Å². The third-order valence-corrected chi connectivity index (χ3v) is 2.42. The minimum Gasteiger partial charge on any atom is -0.444 e. The lowest BCUT2D eigenvalue weighted by Gasteiger charge is -2.20. The molecule has 3 heteroatoms. The van der Waals surface area contributed by atoms with Crippen molar-refractivity contribution in [2.24, 2.45) is 0 Å². The quantitative estimate of drug-likeness (QED) is 0.767. The molecule has 0 unspecified atom stereocenters. The summed E-state index contributed by atoms with van der Waals surface area (Å²) in [6, 6.07) is 3.73. The van der Waals surface area contributed by atoms with Gasteiger partial charge in [-0.15, -0.1) is 6.42 Å². The van der Waals surface area contributed by atoms with Gasteiger partial charge in [0, 0.05) is 5.56 Å². The molecule has 0 radical (unpaired) electrons. The second kappa shape index (κ2) is 5.14. The van der Waals surface area contributed by atoms with Crippen LogP contribution in [0.4, 0.5) is 10.5 Å². The highest BCUT2D eigenvalue weighted by molar-refractivity contribution is 5.87. The lowest BCUT2D eigenvalue weighted by molar-refractivity contribution is 0.0636. The van der Waals surface area contributed by atoms with Crippen LogP contribution in [0, 0.1) is 26.2 Å². The van der Waals surface area contributed by atoms with E-state index in [1.807, 2.05) is 46.8 Å². The summed E-state index contributed by atoms with van der Waals surface area (Å²) in [5, 5.41) is 2.68. The summed E-state index contributed by atoms with van der Waals surface area (Å²) in [6.45, 7) is 9.39. The molecule has 1 rings (SSSR count). The zero-order valence-corrected chi connectivity index (χ0v) is 11.5. The van der Waals surface area contributed by atoms with E-state index in [9.17, 15) is 4.79 Å². The maximum absolute atomic E-state index is 11.7. The molecule has 0 aliphatic rings. The van der Waals surface area contributed by atoms with Crippen LogP contribution in [0.2, 0.25) is 0 Å². The smallest absolute Gasteiger partial charge is 0.412 e. The molecule has 0 fully saturated rings. The van der Waals surface area contributed by atoms with Gasteiger partial charge < -0.3 is 4.74 Å². The summed E-state index contributed by atoms with van der Waals surface area (Å²) >= 11 is 0. The number of terminal acetylenes is 1. The number of carbonyl (C=O) groups is 1. The SMILES string of the molecule is C#Cc1cc(C)c(C)cc1NC(=O)OC(C)(C)C. The van der Waals surface area contributed by atoms with Crippen LogP contribution < -0.4 is 5.32 Å². The van der Waals surface area contributed by atoms with Crippen molar-refractivity contribution in [1.29, 1.82) is 0 Å². The predicted molar refractivity (Wildman–Crippen MR) is 73.7 cm³/mol. The van der Waals surface area contributed by atoms with E-state index in [2.05, 4.69) is 11.2 Å². The molecule has 0 atom stereocenters. The first-order valence-corrected chi connectivity index (χ1v) is 5.81. The van der Waals surface area contributed by atoms with Gasteiger partial charge in [0.05, 0.1) is 5.69 Å². The van der Waals surface area contributed by atoms with Gasteiger partial charge in [0.25, 0.3) is 0 Å². The number of carbonyl (C=O) groups excluding carboxylic acids is 1. The molecule has 0 heterocycles. The maximum atomic E-state index is 11.7. The van der Waals surface area contributed by atoms with Crippen LogP contribution in [0.3, 0.4) is 0 Å². The van der Waals surface area contributed by atoms with Crippen molar-refractivity contribution in [2.45, 2.75) is 40.2 Å². The summed E-state index contributed by atoms with van der Waals surface area (Å²) in [5.41, 5.74) is 2.90. The zero-order valence-electron chi connectivity index (χ0n) is 11.5. The molecule has 3 nitrogen and oxygen atoms in total. The molecular formula is C15H19NO2. The van der Waals surface area contributed by atoms with Crippen molar-refractivity contribution in [2.75, 3.05) is 5.32 Å². The van der Waals surface area contributed by atoms with E-state index in [1.165, 1.54) is 0 Å². The molecule has 0 aliphatic carbocycles. The summed E-state index contributed by atoms with van der Waals surface area (Å²) < 4.78 is 5.19. The molecule has 1 aromatic rings. The van der Waals surface area contributed by atoms with Crippen molar-refractivity contribution < 1.29 is 9.53 Å². The first kappa shape index (κ1) is 14.1. The van der Waals surface area contributed by atoms with Crippen LogP contribution in [0.5, 0.6) is 0 Å².